The van der Waals surface area contributed by atoms with Crippen molar-refractivity contribution in [3.8, 4) is 0 Å². The fourth-order valence-electron chi connectivity index (χ4n) is 1.43. The van der Waals surface area contributed by atoms with Gasteiger partial charge >= 0.3 is 12.0 Å². The van der Waals surface area contributed by atoms with E-state index in [0.717, 1.165) is 0 Å². The number of nitrogens with one attached hydrogen (secondary N) is 2. The van der Waals surface area contributed by atoms with Crippen molar-refractivity contribution in [3.63, 3.8) is 0 Å². The number of hydrogen-bond donors (Lipinski definition) is 4. The zero-order chi connectivity index (χ0) is 15.3. The summed E-state index contributed by atoms with van der Waals surface area (Å²) in [5, 5.41) is 23.7. The standard InChI is InChI=1S/C12H14Cl2N2O4/c1-12(20,5-9(17)18)6-15-11(19)16-10-7(13)3-2-4-8(10)14/h2-4,20H,5-6H2,1H3,(H,17,18)(H2,15,16,19). The Hall–Kier alpha value is -1.50. The van der Waals surface area contributed by atoms with E-state index in [0.29, 0.717) is 0 Å². The number of amides is 2. The average molecular weight is 321 g/mol. The van der Waals surface area contributed by atoms with Crippen molar-refractivity contribution in [2.75, 3.05) is 11.9 Å². The Morgan fingerprint density at radius 2 is 1.85 bits per heavy atom. The summed E-state index contributed by atoms with van der Waals surface area (Å²) < 4.78 is 0. The van der Waals surface area contributed by atoms with Crippen LogP contribution in [0.2, 0.25) is 10.0 Å². The van der Waals surface area contributed by atoms with Crippen LogP contribution < -0.4 is 10.6 Å². The lowest BCUT2D eigenvalue weighted by Gasteiger charge is -2.21. The molecular weight excluding hydrogens is 307 g/mol. The molecule has 1 aromatic carbocycles. The first-order chi connectivity index (χ1) is 9.21. The van der Waals surface area contributed by atoms with Crippen molar-refractivity contribution in [2.45, 2.75) is 18.9 Å². The van der Waals surface area contributed by atoms with Gasteiger partial charge in [0.15, 0.2) is 0 Å². The van der Waals surface area contributed by atoms with Crippen LogP contribution >= 0.6 is 23.2 Å². The molecule has 0 bridgehead atoms. The van der Waals surface area contributed by atoms with Crippen molar-refractivity contribution in [1.29, 1.82) is 0 Å². The molecule has 0 aliphatic rings. The maximum absolute atomic E-state index is 11.7. The monoisotopic (exact) mass is 320 g/mol. The van der Waals surface area contributed by atoms with Crippen LogP contribution in [0.4, 0.5) is 10.5 Å². The molecule has 0 saturated carbocycles. The highest BCUT2D eigenvalue weighted by molar-refractivity contribution is 6.39. The molecule has 0 saturated heterocycles. The van der Waals surface area contributed by atoms with Crippen LogP contribution in [0.3, 0.4) is 0 Å². The Kier molecular flexibility index (Phi) is 5.62. The van der Waals surface area contributed by atoms with Crippen molar-refractivity contribution < 1.29 is 19.8 Å². The van der Waals surface area contributed by atoms with E-state index in [9.17, 15) is 14.7 Å². The molecule has 4 N–H and O–H groups in total. The molecule has 0 aromatic heterocycles. The Labute approximate surface area is 125 Å². The first-order valence-electron chi connectivity index (χ1n) is 5.64. The molecular formula is C12H14Cl2N2O4. The van der Waals surface area contributed by atoms with Gasteiger partial charge in [-0.3, -0.25) is 4.79 Å². The van der Waals surface area contributed by atoms with E-state index < -0.39 is 24.0 Å². The number of hydrogen-bond acceptors (Lipinski definition) is 3. The molecule has 1 aromatic rings. The molecule has 0 fully saturated rings. The number of halogens is 2. The topological polar surface area (TPSA) is 98.7 Å². The second-order valence-electron chi connectivity index (χ2n) is 4.47. The number of carboxylic acid groups (broad SMARTS) is 1. The number of urea groups is 1. The van der Waals surface area contributed by atoms with E-state index in [1.807, 2.05) is 0 Å². The van der Waals surface area contributed by atoms with Crippen molar-refractivity contribution >= 4 is 40.9 Å². The lowest BCUT2D eigenvalue weighted by molar-refractivity contribution is -0.141. The molecule has 0 aliphatic carbocycles. The van der Waals surface area contributed by atoms with Gasteiger partial charge in [-0.2, -0.15) is 0 Å². The summed E-state index contributed by atoms with van der Waals surface area (Å²) in [4.78, 5) is 22.2. The molecule has 0 radical (unpaired) electrons. The van der Waals surface area contributed by atoms with Gasteiger partial charge in [0, 0.05) is 6.54 Å². The van der Waals surface area contributed by atoms with Crippen LogP contribution in [0.25, 0.3) is 0 Å². The Morgan fingerprint density at radius 3 is 2.35 bits per heavy atom. The number of para-hydroxylation sites is 1. The summed E-state index contributed by atoms with van der Waals surface area (Å²) in [6.07, 6.45) is -0.486. The van der Waals surface area contributed by atoms with E-state index in [4.69, 9.17) is 28.3 Å². The average Bonchev–Trinajstić information content (AvgIpc) is 2.30. The van der Waals surface area contributed by atoms with Gasteiger partial charge in [0.2, 0.25) is 0 Å². The van der Waals surface area contributed by atoms with Crippen LogP contribution in [-0.4, -0.2) is 34.4 Å². The predicted molar refractivity (Wildman–Crippen MR) is 76.4 cm³/mol. The van der Waals surface area contributed by atoms with E-state index in [1.54, 1.807) is 18.2 Å². The fourth-order valence-corrected chi connectivity index (χ4v) is 1.93. The maximum atomic E-state index is 11.7. The molecule has 0 heterocycles. The molecule has 1 unspecified atom stereocenters. The van der Waals surface area contributed by atoms with Gasteiger partial charge < -0.3 is 20.8 Å². The largest absolute Gasteiger partial charge is 0.481 e. The third-order valence-electron chi connectivity index (χ3n) is 2.36. The molecule has 2 amide bonds. The third-order valence-corrected chi connectivity index (χ3v) is 2.99. The van der Waals surface area contributed by atoms with Crippen LogP contribution in [0.1, 0.15) is 13.3 Å². The van der Waals surface area contributed by atoms with Gasteiger partial charge in [-0.25, -0.2) is 4.79 Å². The second-order valence-corrected chi connectivity index (χ2v) is 5.29. The molecule has 0 aliphatic heterocycles. The van der Waals surface area contributed by atoms with Crippen molar-refractivity contribution in [1.82, 2.24) is 5.32 Å². The maximum Gasteiger partial charge on any atom is 0.319 e. The predicted octanol–water partition coefficient (Wildman–Crippen LogP) is 2.34. The molecule has 8 heteroatoms. The minimum atomic E-state index is -1.55. The molecule has 20 heavy (non-hydrogen) atoms. The van der Waals surface area contributed by atoms with Crippen LogP contribution in [-0.2, 0) is 4.79 Å². The second kappa shape index (κ2) is 6.78. The number of carbonyl (C=O) groups is 2. The molecule has 0 spiro atoms. The number of aliphatic carboxylic acids is 1. The summed E-state index contributed by atoms with van der Waals surface area (Å²) in [7, 11) is 0. The molecule has 110 valence electrons. The van der Waals surface area contributed by atoms with Crippen LogP contribution in [0, 0.1) is 0 Å². The Bertz CT molecular complexity index is 500. The quantitative estimate of drug-likeness (QED) is 0.669. The zero-order valence-corrected chi connectivity index (χ0v) is 12.1. The Morgan fingerprint density at radius 1 is 1.30 bits per heavy atom. The van der Waals surface area contributed by atoms with Gasteiger partial charge in [-0.05, 0) is 19.1 Å². The first kappa shape index (κ1) is 16.6. The van der Waals surface area contributed by atoms with Gasteiger partial charge in [0.05, 0.1) is 27.8 Å². The molecule has 6 nitrogen and oxygen atoms in total. The molecule has 1 rings (SSSR count). The SMILES string of the molecule is CC(O)(CNC(=O)Nc1c(Cl)cccc1Cl)CC(=O)O. The molecule has 1 atom stereocenters. The fraction of sp³-hybridized carbons (Fsp3) is 0.333. The van der Waals surface area contributed by atoms with E-state index in [1.165, 1.54) is 6.92 Å². The van der Waals surface area contributed by atoms with Gasteiger partial charge in [0.1, 0.15) is 0 Å². The lowest BCUT2D eigenvalue weighted by Crippen LogP contribution is -2.43. The van der Waals surface area contributed by atoms with E-state index in [2.05, 4.69) is 10.6 Å². The van der Waals surface area contributed by atoms with Crippen molar-refractivity contribution in [3.05, 3.63) is 28.2 Å². The number of rotatable bonds is 5. The van der Waals surface area contributed by atoms with Gasteiger partial charge in [-0.15, -0.1) is 0 Å². The highest BCUT2D eigenvalue weighted by Gasteiger charge is 2.25. The Balaban J connectivity index is 2.59. The number of carboxylic acids is 1. The minimum Gasteiger partial charge on any atom is -0.481 e. The number of carbonyl (C=O) groups excluding carboxylic acids is 1. The zero-order valence-electron chi connectivity index (χ0n) is 10.6. The summed E-state index contributed by atoms with van der Waals surface area (Å²) in [5.74, 6) is -1.16. The van der Waals surface area contributed by atoms with Gasteiger partial charge in [0.25, 0.3) is 0 Å². The summed E-state index contributed by atoms with van der Waals surface area (Å²) in [5.41, 5.74) is -1.31. The first-order valence-corrected chi connectivity index (χ1v) is 6.40. The number of aliphatic hydroxyl groups is 1. The van der Waals surface area contributed by atoms with E-state index >= 15 is 0 Å². The van der Waals surface area contributed by atoms with Gasteiger partial charge in [-0.1, -0.05) is 29.3 Å². The highest BCUT2D eigenvalue weighted by Crippen LogP contribution is 2.29. The van der Waals surface area contributed by atoms with Crippen LogP contribution in [0.15, 0.2) is 18.2 Å². The van der Waals surface area contributed by atoms with Crippen LogP contribution in [0.5, 0.6) is 0 Å². The number of benzene rings is 1. The van der Waals surface area contributed by atoms with E-state index in [-0.39, 0.29) is 22.3 Å². The lowest BCUT2D eigenvalue weighted by atomic mass is 10.0. The number of anilines is 1. The highest BCUT2D eigenvalue weighted by atomic mass is 35.5. The van der Waals surface area contributed by atoms with Crippen molar-refractivity contribution in [2.24, 2.45) is 0 Å². The summed E-state index contributed by atoms with van der Waals surface area (Å²) in [6.45, 7) is 1.08. The third kappa shape index (κ3) is 5.24. The minimum absolute atomic E-state index is 0.229. The smallest absolute Gasteiger partial charge is 0.319 e. The summed E-state index contributed by atoms with van der Waals surface area (Å²) >= 11 is 11.8. The normalized spacial score (nSPS) is 13.4. The summed E-state index contributed by atoms with van der Waals surface area (Å²) in [6, 6.07) is 4.10.